The van der Waals surface area contributed by atoms with Gasteiger partial charge in [-0.3, -0.25) is 14.7 Å². The van der Waals surface area contributed by atoms with Crippen molar-refractivity contribution in [3.8, 4) is 17.3 Å². The molecule has 0 spiro atoms. The number of aromatic amines is 1. The Hall–Kier alpha value is -3.06. The molecule has 1 N–H and O–H groups in total. The quantitative estimate of drug-likeness (QED) is 0.773. The Morgan fingerprint density at radius 2 is 2.08 bits per heavy atom. The number of nitrogens with one attached hydrogen (secondary N) is 1. The number of ether oxygens (including phenoxy) is 1. The fraction of sp³-hybridized carbons (Fsp3) is 0.263. The maximum atomic E-state index is 12.4. The van der Waals surface area contributed by atoms with Gasteiger partial charge in [0.1, 0.15) is 11.4 Å². The smallest absolute Gasteiger partial charge is 0.254 e. The van der Waals surface area contributed by atoms with Gasteiger partial charge in [-0.2, -0.15) is 0 Å². The van der Waals surface area contributed by atoms with Crippen molar-refractivity contribution in [1.29, 1.82) is 0 Å². The van der Waals surface area contributed by atoms with Crippen molar-refractivity contribution in [2.24, 2.45) is 0 Å². The molecule has 132 valence electrons. The molecule has 0 amide bonds. The van der Waals surface area contributed by atoms with Crippen LogP contribution in [-0.2, 0) is 19.5 Å². The summed E-state index contributed by atoms with van der Waals surface area (Å²) >= 11 is 0. The molecule has 7 heteroatoms. The first-order chi connectivity index (χ1) is 12.7. The first kappa shape index (κ1) is 16.4. The minimum atomic E-state index is -0.0836. The Balaban J connectivity index is 1.57. The lowest BCUT2D eigenvalue weighted by Crippen LogP contribution is -2.35. The summed E-state index contributed by atoms with van der Waals surface area (Å²) in [5.41, 5.74) is 3.27. The average Bonchev–Trinajstić information content (AvgIpc) is 2.69. The van der Waals surface area contributed by atoms with Crippen LogP contribution in [0.15, 0.2) is 47.7 Å². The summed E-state index contributed by atoms with van der Waals surface area (Å²) in [5.74, 6) is 1.31. The van der Waals surface area contributed by atoms with E-state index in [0.29, 0.717) is 24.5 Å². The van der Waals surface area contributed by atoms with Crippen LogP contribution in [0, 0.1) is 0 Å². The van der Waals surface area contributed by atoms with E-state index < -0.39 is 0 Å². The topological polar surface area (TPSA) is 84.0 Å². The van der Waals surface area contributed by atoms with Crippen LogP contribution < -0.4 is 10.3 Å². The van der Waals surface area contributed by atoms with Gasteiger partial charge in [0.05, 0.1) is 19.0 Å². The molecule has 3 heterocycles. The molecule has 4 rings (SSSR count). The van der Waals surface area contributed by atoms with Crippen molar-refractivity contribution in [2.45, 2.75) is 19.5 Å². The van der Waals surface area contributed by atoms with Crippen molar-refractivity contribution in [3.63, 3.8) is 0 Å². The van der Waals surface area contributed by atoms with Gasteiger partial charge in [-0.15, -0.1) is 0 Å². The SMILES string of the molecule is COc1ccc(CN2CCc3c(nc(-c4cnccn4)[nH]c3=O)C2)cc1. The third-order valence-electron chi connectivity index (χ3n) is 4.52. The van der Waals surface area contributed by atoms with Crippen LogP contribution in [0.4, 0.5) is 0 Å². The van der Waals surface area contributed by atoms with Crippen molar-refractivity contribution in [2.75, 3.05) is 13.7 Å². The summed E-state index contributed by atoms with van der Waals surface area (Å²) < 4.78 is 5.20. The standard InChI is InChI=1S/C19H19N5O2/c1-26-14-4-2-13(3-5-14)11-24-9-6-15-17(12-24)22-18(23-19(15)25)16-10-20-7-8-21-16/h2-5,7-8,10H,6,9,11-12H2,1H3,(H,22,23,25). The summed E-state index contributed by atoms with van der Waals surface area (Å²) in [7, 11) is 1.66. The number of nitrogens with zero attached hydrogens (tertiary/aromatic N) is 4. The Labute approximate surface area is 150 Å². The van der Waals surface area contributed by atoms with E-state index in [2.05, 4.69) is 37.0 Å². The largest absolute Gasteiger partial charge is 0.497 e. The lowest BCUT2D eigenvalue weighted by atomic mass is 10.1. The molecule has 0 aliphatic carbocycles. The predicted octanol–water partition coefficient (Wildman–Crippen LogP) is 1.79. The van der Waals surface area contributed by atoms with E-state index in [4.69, 9.17) is 4.74 Å². The van der Waals surface area contributed by atoms with Gasteiger partial charge in [-0.25, -0.2) is 9.97 Å². The fourth-order valence-corrected chi connectivity index (χ4v) is 3.16. The second-order valence-corrected chi connectivity index (χ2v) is 6.24. The van der Waals surface area contributed by atoms with E-state index in [1.807, 2.05) is 12.1 Å². The Kier molecular flexibility index (Phi) is 4.45. The molecule has 1 aliphatic rings. The molecular weight excluding hydrogens is 330 g/mol. The van der Waals surface area contributed by atoms with Gasteiger partial charge in [0, 0.05) is 37.6 Å². The highest BCUT2D eigenvalue weighted by Gasteiger charge is 2.21. The summed E-state index contributed by atoms with van der Waals surface area (Å²) in [4.78, 5) is 30.4. The van der Waals surface area contributed by atoms with Crippen molar-refractivity contribution >= 4 is 0 Å². The summed E-state index contributed by atoms with van der Waals surface area (Å²) in [6.07, 6.45) is 5.47. The third kappa shape index (κ3) is 3.34. The zero-order valence-corrected chi connectivity index (χ0v) is 14.5. The molecule has 0 saturated carbocycles. The molecular formula is C19H19N5O2. The highest BCUT2D eigenvalue weighted by Crippen LogP contribution is 2.20. The predicted molar refractivity (Wildman–Crippen MR) is 96.7 cm³/mol. The molecule has 0 unspecified atom stereocenters. The number of hydrogen-bond acceptors (Lipinski definition) is 6. The van der Waals surface area contributed by atoms with E-state index >= 15 is 0 Å². The molecule has 0 radical (unpaired) electrons. The van der Waals surface area contributed by atoms with Crippen LogP contribution in [0.3, 0.4) is 0 Å². The molecule has 0 fully saturated rings. The summed E-state index contributed by atoms with van der Waals surface area (Å²) in [6.45, 7) is 2.27. The van der Waals surface area contributed by atoms with Crippen molar-refractivity contribution < 1.29 is 4.74 Å². The Morgan fingerprint density at radius 1 is 1.23 bits per heavy atom. The molecule has 3 aromatic rings. The van der Waals surface area contributed by atoms with Gasteiger partial charge < -0.3 is 9.72 Å². The van der Waals surface area contributed by atoms with E-state index in [9.17, 15) is 4.79 Å². The Morgan fingerprint density at radius 3 is 2.81 bits per heavy atom. The maximum absolute atomic E-state index is 12.4. The molecule has 7 nitrogen and oxygen atoms in total. The first-order valence-electron chi connectivity index (χ1n) is 8.46. The number of hydrogen-bond donors (Lipinski definition) is 1. The zero-order chi connectivity index (χ0) is 17.9. The van der Waals surface area contributed by atoms with E-state index in [0.717, 1.165) is 30.1 Å². The second-order valence-electron chi connectivity index (χ2n) is 6.24. The van der Waals surface area contributed by atoms with Crippen molar-refractivity contribution in [1.82, 2.24) is 24.8 Å². The number of benzene rings is 1. The zero-order valence-electron chi connectivity index (χ0n) is 14.5. The lowest BCUT2D eigenvalue weighted by molar-refractivity contribution is 0.240. The molecule has 2 aromatic heterocycles. The second kappa shape index (κ2) is 7.05. The van der Waals surface area contributed by atoms with Gasteiger partial charge >= 0.3 is 0 Å². The third-order valence-corrected chi connectivity index (χ3v) is 4.52. The minimum absolute atomic E-state index is 0.0836. The monoisotopic (exact) mass is 349 g/mol. The van der Waals surface area contributed by atoms with Gasteiger partial charge in [-0.1, -0.05) is 12.1 Å². The number of aromatic nitrogens is 4. The van der Waals surface area contributed by atoms with Crippen molar-refractivity contribution in [3.05, 3.63) is 70.0 Å². The van der Waals surface area contributed by atoms with Crippen LogP contribution in [-0.4, -0.2) is 38.5 Å². The van der Waals surface area contributed by atoms with Crippen LogP contribution in [0.1, 0.15) is 16.8 Å². The van der Waals surface area contributed by atoms with Crippen LogP contribution >= 0.6 is 0 Å². The molecule has 26 heavy (non-hydrogen) atoms. The van der Waals surface area contributed by atoms with Gasteiger partial charge in [0.15, 0.2) is 5.82 Å². The molecule has 0 saturated heterocycles. The van der Waals surface area contributed by atoms with Gasteiger partial charge in [-0.05, 0) is 24.1 Å². The van der Waals surface area contributed by atoms with Crippen LogP contribution in [0.5, 0.6) is 5.75 Å². The molecule has 0 bridgehead atoms. The fourth-order valence-electron chi connectivity index (χ4n) is 3.16. The minimum Gasteiger partial charge on any atom is -0.497 e. The first-order valence-corrected chi connectivity index (χ1v) is 8.46. The number of methoxy groups -OCH3 is 1. The van der Waals surface area contributed by atoms with Gasteiger partial charge in [0.2, 0.25) is 0 Å². The van der Waals surface area contributed by atoms with E-state index in [1.54, 1.807) is 25.7 Å². The van der Waals surface area contributed by atoms with Crippen LogP contribution in [0.2, 0.25) is 0 Å². The van der Waals surface area contributed by atoms with E-state index in [-0.39, 0.29) is 5.56 Å². The normalized spacial score (nSPS) is 14.0. The van der Waals surface area contributed by atoms with E-state index in [1.165, 1.54) is 5.56 Å². The number of H-pyrrole nitrogens is 1. The Bertz CT molecular complexity index is 954. The average molecular weight is 349 g/mol. The number of rotatable bonds is 4. The highest BCUT2D eigenvalue weighted by atomic mass is 16.5. The maximum Gasteiger partial charge on any atom is 0.254 e. The molecule has 0 atom stereocenters. The number of fused-ring (bicyclic) bond motifs is 1. The van der Waals surface area contributed by atoms with Crippen LogP contribution in [0.25, 0.3) is 11.5 Å². The highest BCUT2D eigenvalue weighted by molar-refractivity contribution is 5.47. The summed E-state index contributed by atoms with van der Waals surface area (Å²) in [5, 5.41) is 0. The lowest BCUT2D eigenvalue weighted by Gasteiger charge is -2.27. The molecule has 1 aromatic carbocycles. The molecule has 1 aliphatic heterocycles. The summed E-state index contributed by atoms with van der Waals surface area (Å²) in [6, 6.07) is 8.04. The van der Waals surface area contributed by atoms with Gasteiger partial charge in [0.25, 0.3) is 5.56 Å².